The standard InChI is InChI=1S/C43H48N2O4/c1-41(2,44-21-25-48-26-22-44)39(46)33-17-13-31(14-18-33)29-43(37-11-7-5-9-35(37)36-10-6-8-12-38(36)43)30-32-15-19-34(20-16-32)40(47)42(3,4)45-23-27-49-28-24-45/h5-20H,21-30H2,1-4H3. The smallest absolute Gasteiger partial charge is 0.182 e. The molecule has 4 aromatic carbocycles. The fraction of sp³-hybridized carbons (Fsp3) is 0.395. The Morgan fingerprint density at radius 1 is 0.551 bits per heavy atom. The summed E-state index contributed by atoms with van der Waals surface area (Å²) in [6, 6.07) is 34.2. The summed E-state index contributed by atoms with van der Waals surface area (Å²) in [5.41, 5.74) is 7.52. The van der Waals surface area contributed by atoms with Crippen molar-refractivity contribution in [3.63, 3.8) is 0 Å². The molecule has 2 saturated heterocycles. The summed E-state index contributed by atoms with van der Waals surface area (Å²) in [6.07, 6.45) is 1.57. The Balaban J connectivity index is 1.20. The van der Waals surface area contributed by atoms with Gasteiger partial charge in [0.1, 0.15) is 0 Å². The molecule has 2 aliphatic heterocycles. The molecule has 7 rings (SSSR count). The average Bonchev–Trinajstić information content (AvgIpc) is 3.41. The topological polar surface area (TPSA) is 59.1 Å². The van der Waals surface area contributed by atoms with Crippen molar-refractivity contribution in [3.8, 4) is 11.1 Å². The number of fused-ring (bicyclic) bond motifs is 3. The van der Waals surface area contributed by atoms with Gasteiger partial charge in [0.2, 0.25) is 0 Å². The van der Waals surface area contributed by atoms with Gasteiger partial charge in [-0.25, -0.2) is 0 Å². The van der Waals surface area contributed by atoms with Gasteiger partial charge >= 0.3 is 0 Å². The largest absolute Gasteiger partial charge is 0.379 e. The zero-order valence-corrected chi connectivity index (χ0v) is 29.3. The van der Waals surface area contributed by atoms with Gasteiger partial charge < -0.3 is 9.47 Å². The lowest BCUT2D eigenvalue weighted by atomic mass is 9.69. The second kappa shape index (κ2) is 13.4. The van der Waals surface area contributed by atoms with Crippen molar-refractivity contribution >= 4 is 11.6 Å². The molecule has 0 radical (unpaired) electrons. The fourth-order valence-corrected chi connectivity index (χ4v) is 8.34. The van der Waals surface area contributed by atoms with E-state index in [9.17, 15) is 9.59 Å². The summed E-state index contributed by atoms with van der Waals surface area (Å²) in [5, 5.41) is 0. The van der Waals surface area contributed by atoms with Gasteiger partial charge in [-0.3, -0.25) is 19.4 Å². The highest BCUT2D eigenvalue weighted by Crippen LogP contribution is 2.52. The zero-order valence-electron chi connectivity index (χ0n) is 29.3. The minimum atomic E-state index is -0.596. The number of ketones is 2. The van der Waals surface area contributed by atoms with Crippen LogP contribution in [0.4, 0.5) is 0 Å². The molecule has 0 atom stereocenters. The summed E-state index contributed by atoms with van der Waals surface area (Å²) in [7, 11) is 0. The van der Waals surface area contributed by atoms with Gasteiger partial charge in [0.05, 0.1) is 37.5 Å². The van der Waals surface area contributed by atoms with Crippen molar-refractivity contribution < 1.29 is 19.1 Å². The maximum Gasteiger partial charge on any atom is 0.182 e. The number of hydrogen-bond acceptors (Lipinski definition) is 6. The number of rotatable bonds is 10. The molecule has 0 N–H and O–H groups in total. The van der Waals surface area contributed by atoms with Crippen LogP contribution < -0.4 is 0 Å². The van der Waals surface area contributed by atoms with Crippen molar-refractivity contribution in [1.29, 1.82) is 0 Å². The first-order valence-corrected chi connectivity index (χ1v) is 17.7. The third-order valence-electron chi connectivity index (χ3n) is 11.3. The SMILES string of the molecule is CC(C)(C(=O)c1ccc(CC2(Cc3ccc(C(=O)C(C)(C)N4CCOCC4)cc3)c3ccccc3-c3ccccc32)cc1)N1CCOCC1. The Morgan fingerprint density at radius 2 is 0.898 bits per heavy atom. The van der Waals surface area contributed by atoms with Crippen LogP contribution in [0.5, 0.6) is 0 Å². The summed E-state index contributed by atoms with van der Waals surface area (Å²) in [6.45, 7) is 13.8. The quantitative estimate of drug-likeness (QED) is 0.171. The van der Waals surface area contributed by atoms with E-state index in [1.165, 1.54) is 33.4 Å². The summed E-state index contributed by atoms with van der Waals surface area (Å²) < 4.78 is 11.1. The Kier molecular flexibility index (Phi) is 9.18. The molecule has 3 aliphatic rings. The molecule has 6 nitrogen and oxygen atoms in total. The first-order chi connectivity index (χ1) is 23.6. The zero-order chi connectivity index (χ0) is 34.2. The second-order valence-corrected chi connectivity index (χ2v) is 14.9. The van der Waals surface area contributed by atoms with Gasteiger partial charge in [0.15, 0.2) is 11.6 Å². The minimum absolute atomic E-state index is 0.138. The van der Waals surface area contributed by atoms with Crippen LogP contribution in [0.1, 0.15) is 70.7 Å². The molecule has 254 valence electrons. The lowest BCUT2D eigenvalue weighted by Gasteiger charge is -2.39. The number of carbonyl (C=O) groups is 2. The van der Waals surface area contributed by atoms with Crippen LogP contribution in [0.3, 0.4) is 0 Å². The highest BCUT2D eigenvalue weighted by Gasteiger charge is 2.43. The monoisotopic (exact) mass is 656 g/mol. The van der Waals surface area contributed by atoms with Crippen LogP contribution in [-0.2, 0) is 27.7 Å². The molecule has 6 heteroatoms. The molecular weight excluding hydrogens is 608 g/mol. The average molecular weight is 657 g/mol. The van der Waals surface area contributed by atoms with E-state index in [2.05, 4.69) is 82.6 Å². The van der Waals surface area contributed by atoms with Gasteiger partial charge in [-0.2, -0.15) is 0 Å². The van der Waals surface area contributed by atoms with E-state index in [0.29, 0.717) is 26.4 Å². The van der Waals surface area contributed by atoms with Crippen molar-refractivity contribution in [2.75, 3.05) is 52.6 Å². The van der Waals surface area contributed by atoms with Gasteiger partial charge in [-0.15, -0.1) is 0 Å². The van der Waals surface area contributed by atoms with E-state index in [4.69, 9.17) is 9.47 Å². The molecule has 0 aromatic heterocycles. The van der Waals surface area contributed by atoms with Gasteiger partial charge in [-0.05, 0) is 73.9 Å². The minimum Gasteiger partial charge on any atom is -0.379 e. The first kappa shape index (κ1) is 33.6. The molecule has 49 heavy (non-hydrogen) atoms. The number of morpholine rings is 2. The van der Waals surface area contributed by atoms with Gasteiger partial charge in [0.25, 0.3) is 0 Å². The van der Waals surface area contributed by atoms with Gasteiger partial charge in [0, 0.05) is 42.7 Å². The van der Waals surface area contributed by atoms with Crippen LogP contribution >= 0.6 is 0 Å². The molecule has 2 heterocycles. The van der Waals surface area contributed by atoms with E-state index < -0.39 is 11.1 Å². The Bertz CT molecular complexity index is 1680. The number of hydrogen-bond donors (Lipinski definition) is 0. The number of benzene rings is 4. The normalized spacial score (nSPS) is 18.1. The third-order valence-corrected chi connectivity index (χ3v) is 11.3. The summed E-state index contributed by atoms with van der Waals surface area (Å²) >= 11 is 0. The van der Waals surface area contributed by atoms with E-state index in [0.717, 1.165) is 50.1 Å². The molecule has 0 amide bonds. The lowest BCUT2D eigenvalue weighted by Crippen LogP contribution is -2.54. The number of nitrogens with zero attached hydrogens (tertiary/aromatic N) is 2. The highest BCUT2D eigenvalue weighted by atomic mass is 16.5. The van der Waals surface area contributed by atoms with Crippen LogP contribution in [0.2, 0.25) is 0 Å². The summed E-state index contributed by atoms with van der Waals surface area (Å²) in [5.74, 6) is 0.275. The molecule has 1 aliphatic carbocycles. The maximum atomic E-state index is 13.8. The Hall–Kier alpha value is -3.94. The van der Waals surface area contributed by atoms with Crippen LogP contribution in [0.25, 0.3) is 11.1 Å². The molecule has 0 unspecified atom stereocenters. The maximum absolute atomic E-state index is 13.8. The van der Waals surface area contributed by atoms with Gasteiger partial charge in [-0.1, -0.05) is 97.1 Å². The van der Waals surface area contributed by atoms with E-state index in [1.807, 2.05) is 52.0 Å². The van der Waals surface area contributed by atoms with Crippen LogP contribution in [0.15, 0.2) is 97.1 Å². The fourth-order valence-electron chi connectivity index (χ4n) is 8.34. The first-order valence-electron chi connectivity index (χ1n) is 17.7. The number of carbonyl (C=O) groups excluding carboxylic acids is 2. The van der Waals surface area contributed by atoms with Crippen molar-refractivity contribution in [1.82, 2.24) is 9.80 Å². The predicted octanol–water partition coefficient (Wildman–Crippen LogP) is 7.03. The van der Waals surface area contributed by atoms with E-state index >= 15 is 0 Å². The molecule has 0 spiro atoms. The predicted molar refractivity (Wildman–Crippen MR) is 195 cm³/mol. The van der Waals surface area contributed by atoms with Crippen LogP contribution in [0, 0.1) is 0 Å². The highest BCUT2D eigenvalue weighted by molar-refractivity contribution is 6.03. The summed E-state index contributed by atoms with van der Waals surface area (Å²) in [4.78, 5) is 32.0. The molecule has 0 bridgehead atoms. The van der Waals surface area contributed by atoms with E-state index in [-0.39, 0.29) is 17.0 Å². The molecular formula is C43H48N2O4. The lowest BCUT2D eigenvalue weighted by molar-refractivity contribution is -0.00442. The Labute approximate surface area is 291 Å². The molecule has 0 saturated carbocycles. The van der Waals surface area contributed by atoms with Crippen molar-refractivity contribution in [3.05, 3.63) is 130 Å². The van der Waals surface area contributed by atoms with E-state index in [1.54, 1.807) is 0 Å². The van der Waals surface area contributed by atoms with Crippen molar-refractivity contribution in [2.24, 2.45) is 0 Å². The third kappa shape index (κ3) is 6.21. The second-order valence-electron chi connectivity index (χ2n) is 14.9. The molecule has 2 fully saturated rings. The Morgan fingerprint density at radius 3 is 1.27 bits per heavy atom. The number of Topliss-reactive ketones (excluding diaryl/α,β-unsaturated/α-hetero) is 2. The van der Waals surface area contributed by atoms with Crippen molar-refractivity contribution in [2.45, 2.75) is 57.0 Å². The number of ether oxygens (including phenoxy) is 2. The van der Waals surface area contributed by atoms with Crippen LogP contribution in [-0.4, -0.2) is 85.1 Å². The molecule has 4 aromatic rings.